The zero-order valence-electron chi connectivity index (χ0n) is 15.9. The van der Waals surface area contributed by atoms with E-state index in [0.717, 1.165) is 27.7 Å². The summed E-state index contributed by atoms with van der Waals surface area (Å²) < 4.78 is 43.2. The number of alkyl halides is 3. The quantitative estimate of drug-likeness (QED) is 0.567. The van der Waals surface area contributed by atoms with Gasteiger partial charge in [0.15, 0.2) is 6.61 Å². The van der Waals surface area contributed by atoms with E-state index in [1.807, 2.05) is 55.5 Å². The molecule has 3 rings (SSSR count). The van der Waals surface area contributed by atoms with Crippen molar-refractivity contribution in [1.82, 2.24) is 9.78 Å². The van der Waals surface area contributed by atoms with Crippen molar-refractivity contribution in [3.63, 3.8) is 0 Å². The summed E-state index contributed by atoms with van der Waals surface area (Å²) in [4.78, 5) is 12.2. The van der Waals surface area contributed by atoms with Crippen molar-refractivity contribution in [2.24, 2.45) is 5.41 Å². The van der Waals surface area contributed by atoms with E-state index >= 15 is 0 Å². The van der Waals surface area contributed by atoms with Crippen molar-refractivity contribution >= 4 is 16.9 Å². The molecule has 148 valence electrons. The third-order valence-electron chi connectivity index (χ3n) is 4.41. The van der Waals surface area contributed by atoms with Crippen LogP contribution in [0, 0.1) is 12.3 Å². The monoisotopic (exact) mass is 390 g/mol. The molecule has 0 saturated heterocycles. The number of halogens is 3. The van der Waals surface area contributed by atoms with Gasteiger partial charge in [0.1, 0.15) is 5.69 Å². The first-order chi connectivity index (χ1) is 13.1. The lowest BCUT2D eigenvalue weighted by atomic mass is 9.94. The van der Waals surface area contributed by atoms with E-state index in [-0.39, 0.29) is 6.54 Å². The number of hydrogen-bond donors (Lipinski definition) is 0. The largest absolute Gasteiger partial charge is 0.456 e. The molecule has 2 aromatic carbocycles. The molecule has 0 saturated carbocycles. The number of benzene rings is 2. The van der Waals surface area contributed by atoms with E-state index < -0.39 is 24.2 Å². The average Bonchev–Trinajstić information content (AvgIpc) is 2.97. The van der Waals surface area contributed by atoms with E-state index in [1.54, 1.807) is 18.5 Å². The van der Waals surface area contributed by atoms with Gasteiger partial charge in [-0.15, -0.1) is 0 Å². The molecule has 0 amide bonds. The third kappa shape index (κ3) is 4.35. The molecular formula is C21H21F3N2O2. The van der Waals surface area contributed by atoms with Crippen molar-refractivity contribution in [2.75, 3.05) is 6.61 Å². The highest BCUT2D eigenvalue weighted by molar-refractivity contribution is 5.93. The van der Waals surface area contributed by atoms with Crippen LogP contribution < -0.4 is 0 Å². The third-order valence-corrected chi connectivity index (χ3v) is 4.41. The van der Waals surface area contributed by atoms with Crippen LogP contribution in [0.4, 0.5) is 13.2 Å². The molecule has 28 heavy (non-hydrogen) atoms. The standard InChI is InChI=1S/C21H21F3N2O2/c1-14-7-6-8-15(11-14)18-16-9-4-5-10-17(16)26(25-18)12-20(2,3)19(27)28-13-21(22,23)24/h4-11H,12-13H2,1-3H3. The van der Waals surface area contributed by atoms with Gasteiger partial charge >= 0.3 is 12.1 Å². The van der Waals surface area contributed by atoms with Crippen molar-refractivity contribution in [3.8, 4) is 11.3 Å². The van der Waals surface area contributed by atoms with Crippen LogP contribution in [0.3, 0.4) is 0 Å². The van der Waals surface area contributed by atoms with E-state index in [4.69, 9.17) is 0 Å². The molecule has 0 aliphatic heterocycles. The highest BCUT2D eigenvalue weighted by Crippen LogP contribution is 2.31. The Labute approximate surface area is 160 Å². The van der Waals surface area contributed by atoms with E-state index in [2.05, 4.69) is 9.84 Å². The number of carbonyl (C=O) groups is 1. The summed E-state index contributed by atoms with van der Waals surface area (Å²) in [5.41, 5.74) is 2.42. The van der Waals surface area contributed by atoms with Crippen LogP contribution in [-0.4, -0.2) is 28.5 Å². The molecule has 0 radical (unpaired) electrons. The van der Waals surface area contributed by atoms with Gasteiger partial charge in [-0.05, 0) is 32.9 Å². The maximum atomic E-state index is 12.4. The Balaban J connectivity index is 1.94. The number of fused-ring (bicyclic) bond motifs is 1. The van der Waals surface area contributed by atoms with Gasteiger partial charge in [0.25, 0.3) is 0 Å². The van der Waals surface area contributed by atoms with Crippen LogP contribution >= 0.6 is 0 Å². The lowest BCUT2D eigenvalue weighted by Gasteiger charge is -2.23. The maximum absolute atomic E-state index is 12.4. The Hall–Kier alpha value is -2.83. The van der Waals surface area contributed by atoms with Gasteiger partial charge in [-0.1, -0.05) is 42.0 Å². The predicted molar refractivity (Wildman–Crippen MR) is 101 cm³/mol. The van der Waals surface area contributed by atoms with Gasteiger partial charge in [-0.3, -0.25) is 9.48 Å². The molecule has 0 unspecified atom stereocenters. The summed E-state index contributed by atoms with van der Waals surface area (Å²) in [6.07, 6.45) is -4.55. The Morgan fingerprint density at radius 3 is 2.50 bits per heavy atom. The number of carbonyl (C=O) groups excluding carboxylic acids is 1. The Kier molecular flexibility index (Phi) is 5.19. The molecule has 0 fully saturated rings. The number of aromatic nitrogens is 2. The summed E-state index contributed by atoms with van der Waals surface area (Å²) in [6.45, 7) is 3.59. The Bertz CT molecular complexity index is 1010. The topological polar surface area (TPSA) is 44.1 Å². The lowest BCUT2D eigenvalue weighted by molar-refractivity contribution is -0.193. The molecule has 1 heterocycles. The van der Waals surface area contributed by atoms with Crippen LogP contribution in [0.25, 0.3) is 22.2 Å². The van der Waals surface area contributed by atoms with E-state index in [0.29, 0.717) is 0 Å². The van der Waals surface area contributed by atoms with E-state index in [9.17, 15) is 18.0 Å². The van der Waals surface area contributed by atoms with Gasteiger partial charge in [-0.2, -0.15) is 18.3 Å². The first kappa shape index (κ1) is 19.9. The van der Waals surface area contributed by atoms with Crippen molar-refractivity contribution in [2.45, 2.75) is 33.5 Å². The molecule has 0 aliphatic carbocycles. The summed E-state index contributed by atoms with van der Waals surface area (Å²) in [5.74, 6) is -0.915. The molecule has 0 N–H and O–H groups in total. The molecule has 4 nitrogen and oxygen atoms in total. The van der Waals surface area contributed by atoms with Crippen LogP contribution in [0.2, 0.25) is 0 Å². The second-order valence-electron chi connectivity index (χ2n) is 7.47. The fraction of sp³-hybridized carbons (Fsp3) is 0.333. The summed E-state index contributed by atoms with van der Waals surface area (Å²) >= 11 is 0. The second-order valence-corrected chi connectivity index (χ2v) is 7.47. The van der Waals surface area contributed by atoms with Crippen LogP contribution in [0.5, 0.6) is 0 Å². The minimum Gasteiger partial charge on any atom is -0.456 e. The Morgan fingerprint density at radius 1 is 1.11 bits per heavy atom. The molecule has 7 heteroatoms. The van der Waals surface area contributed by atoms with Crippen LogP contribution in [0.15, 0.2) is 48.5 Å². The second kappa shape index (κ2) is 7.30. The first-order valence-electron chi connectivity index (χ1n) is 8.83. The number of esters is 1. The fourth-order valence-corrected chi connectivity index (χ4v) is 3.04. The average molecular weight is 390 g/mol. The molecule has 0 atom stereocenters. The number of para-hydroxylation sites is 1. The minimum absolute atomic E-state index is 0.0933. The van der Waals surface area contributed by atoms with Crippen molar-refractivity contribution in [1.29, 1.82) is 0 Å². The van der Waals surface area contributed by atoms with Crippen LogP contribution in [-0.2, 0) is 16.1 Å². The number of rotatable bonds is 5. The van der Waals surface area contributed by atoms with Gasteiger partial charge in [0.2, 0.25) is 0 Å². The van der Waals surface area contributed by atoms with Crippen LogP contribution in [0.1, 0.15) is 19.4 Å². The van der Waals surface area contributed by atoms with Crippen molar-refractivity contribution < 1.29 is 22.7 Å². The predicted octanol–water partition coefficient (Wildman–Crippen LogP) is 5.14. The number of ether oxygens (including phenoxy) is 1. The molecule has 0 aliphatic rings. The number of aryl methyl sites for hydroxylation is 1. The zero-order valence-corrected chi connectivity index (χ0v) is 15.9. The first-order valence-corrected chi connectivity index (χ1v) is 8.83. The van der Waals surface area contributed by atoms with Crippen molar-refractivity contribution in [3.05, 3.63) is 54.1 Å². The molecular weight excluding hydrogens is 369 g/mol. The molecule has 0 bridgehead atoms. The number of nitrogens with zero attached hydrogens (tertiary/aromatic N) is 2. The Morgan fingerprint density at radius 2 is 1.82 bits per heavy atom. The SMILES string of the molecule is Cc1cccc(-c2nn(CC(C)(C)C(=O)OCC(F)(F)F)c3ccccc23)c1. The normalized spacial score (nSPS) is 12.4. The summed E-state index contributed by atoms with van der Waals surface area (Å²) in [7, 11) is 0. The highest BCUT2D eigenvalue weighted by Gasteiger charge is 2.36. The van der Waals surface area contributed by atoms with Gasteiger partial charge in [0, 0.05) is 10.9 Å². The van der Waals surface area contributed by atoms with Gasteiger partial charge < -0.3 is 4.74 Å². The highest BCUT2D eigenvalue weighted by atomic mass is 19.4. The number of hydrogen-bond acceptors (Lipinski definition) is 3. The van der Waals surface area contributed by atoms with Gasteiger partial charge in [0.05, 0.1) is 17.5 Å². The van der Waals surface area contributed by atoms with E-state index in [1.165, 1.54) is 0 Å². The fourth-order valence-electron chi connectivity index (χ4n) is 3.04. The maximum Gasteiger partial charge on any atom is 0.422 e. The lowest BCUT2D eigenvalue weighted by Crippen LogP contribution is -2.34. The zero-order chi connectivity index (χ0) is 20.5. The van der Waals surface area contributed by atoms with Gasteiger partial charge in [-0.25, -0.2) is 0 Å². The minimum atomic E-state index is -4.55. The summed E-state index contributed by atoms with van der Waals surface area (Å²) in [5, 5.41) is 5.57. The smallest absolute Gasteiger partial charge is 0.422 e. The summed E-state index contributed by atoms with van der Waals surface area (Å²) in [6, 6.07) is 15.5. The molecule has 1 aromatic heterocycles. The molecule has 0 spiro atoms. The molecule has 3 aromatic rings.